The number of aliphatic hydroxyl groups is 1. The lowest BCUT2D eigenvalue weighted by Crippen LogP contribution is -2.44. The summed E-state index contributed by atoms with van der Waals surface area (Å²) in [6.07, 6.45) is -0.471. The van der Waals surface area contributed by atoms with Crippen molar-refractivity contribution in [2.75, 3.05) is 54.2 Å². The fraction of sp³-hybridized carbons (Fsp3) is 1.00. The third-order valence-electron chi connectivity index (χ3n) is 2.42. The SMILES string of the molecule is COCCN(CC(O)COC)C(C)COC. The molecule has 2 atom stereocenters. The van der Waals surface area contributed by atoms with Crippen molar-refractivity contribution in [1.82, 2.24) is 4.90 Å². The number of aliphatic hydroxyl groups excluding tert-OH is 1. The molecule has 5 heteroatoms. The van der Waals surface area contributed by atoms with Crippen molar-refractivity contribution >= 4 is 0 Å². The Morgan fingerprint density at radius 2 is 1.69 bits per heavy atom. The first kappa shape index (κ1) is 15.8. The molecule has 0 heterocycles. The Labute approximate surface area is 98.3 Å². The maximum atomic E-state index is 9.69. The molecule has 0 aromatic rings. The minimum absolute atomic E-state index is 0.256. The minimum Gasteiger partial charge on any atom is -0.389 e. The molecule has 0 aliphatic rings. The van der Waals surface area contributed by atoms with E-state index in [1.54, 1.807) is 21.3 Å². The molecule has 0 saturated heterocycles. The highest BCUT2D eigenvalue weighted by molar-refractivity contribution is 4.70. The van der Waals surface area contributed by atoms with E-state index >= 15 is 0 Å². The first-order chi connectivity index (χ1) is 7.65. The van der Waals surface area contributed by atoms with Crippen molar-refractivity contribution in [1.29, 1.82) is 0 Å². The molecule has 0 aliphatic heterocycles. The Bertz CT molecular complexity index is 157. The van der Waals surface area contributed by atoms with E-state index in [2.05, 4.69) is 11.8 Å². The van der Waals surface area contributed by atoms with Gasteiger partial charge < -0.3 is 19.3 Å². The number of hydrogen-bond acceptors (Lipinski definition) is 5. The fourth-order valence-electron chi connectivity index (χ4n) is 1.56. The molecule has 0 saturated carbocycles. The summed E-state index contributed by atoms with van der Waals surface area (Å²) in [4.78, 5) is 2.14. The van der Waals surface area contributed by atoms with Gasteiger partial charge in [-0.1, -0.05) is 0 Å². The van der Waals surface area contributed by atoms with Crippen LogP contribution in [0.2, 0.25) is 0 Å². The molecule has 16 heavy (non-hydrogen) atoms. The third kappa shape index (κ3) is 7.14. The molecule has 0 fully saturated rings. The van der Waals surface area contributed by atoms with E-state index in [9.17, 15) is 5.11 Å². The lowest BCUT2D eigenvalue weighted by atomic mass is 10.2. The highest BCUT2D eigenvalue weighted by Gasteiger charge is 2.17. The van der Waals surface area contributed by atoms with Gasteiger partial charge in [0.1, 0.15) is 0 Å². The van der Waals surface area contributed by atoms with Crippen molar-refractivity contribution in [2.45, 2.75) is 19.1 Å². The molecule has 0 radical (unpaired) electrons. The maximum absolute atomic E-state index is 9.69. The van der Waals surface area contributed by atoms with Gasteiger partial charge in [0.2, 0.25) is 0 Å². The lowest BCUT2D eigenvalue weighted by Gasteiger charge is -2.30. The Hall–Kier alpha value is -0.200. The average molecular weight is 235 g/mol. The first-order valence-electron chi connectivity index (χ1n) is 5.54. The van der Waals surface area contributed by atoms with Crippen LogP contribution in [-0.4, -0.2) is 76.4 Å². The van der Waals surface area contributed by atoms with Gasteiger partial charge in [-0.25, -0.2) is 0 Å². The van der Waals surface area contributed by atoms with Crippen molar-refractivity contribution in [2.24, 2.45) is 0 Å². The van der Waals surface area contributed by atoms with E-state index in [1.807, 2.05) is 0 Å². The number of ether oxygens (including phenoxy) is 3. The molecule has 0 spiro atoms. The van der Waals surface area contributed by atoms with Gasteiger partial charge in [-0.05, 0) is 6.92 Å². The zero-order valence-corrected chi connectivity index (χ0v) is 10.8. The van der Waals surface area contributed by atoms with Crippen LogP contribution in [0.25, 0.3) is 0 Å². The fourth-order valence-corrected chi connectivity index (χ4v) is 1.56. The number of methoxy groups -OCH3 is 3. The topological polar surface area (TPSA) is 51.2 Å². The predicted octanol–water partition coefficient (Wildman–Crippen LogP) is -0.0230. The summed E-state index contributed by atoms with van der Waals surface area (Å²) in [7, 11) is 4.93. The highest BCUT2D eigenvalue weighted by Crippen LogP contribution is 2.02. The van der Waals surface area contributed by atoms with Crippen LogP contribution in [0.4, 0.5) is 0 Å². The number of rotatable bonds is 10. The monoisotopic (exact) mass is 235 g/mol. The van der Waals surface area contributed by atoms with Crippen molar-refractivity contribution in [3.05, 3.63) is 0 Å². The van der Waals surface area contributed by atoms with Gasteiger partial charge in [0.05, 0.1) is 25.9 Å². The quantitative estimate of drug-likeness (QED) is 0.576. The van der Waals surface area contributed by atoms with Crippen LogP contribution in [0.5, 0.6) is 0 Å². The van der Waals surface area contributed by atoms with E-state index in [0.29, 0.717) is 26.4 Å². The summed E-state index contributed by atoms with van der Waals surface area (Å²) < 4.78 is 15.1. The van der Waals surface area contributed by atoms with Crippen molar-refractivity contribution < 1.29 is 19.3 Å². The van der Waals surface area contributed by atoms with Gasteiger partial charge in [0.25, 0.3) is 0 Å². The minimum atomic E-state index is -0.471. The highest BCUT2D eigenvalue weighted by atomic mass is 16.5. The Balaban J connectivity index is 4.07. The van der Waals surface area contributed by atoms with E-state index in [0.717, 1.165) is 6.54 Å². The largest absolute Gasteiger partial charge is 0.389 e. The molecule has 1 N–H and O–H groups in total. The summed E-state index contributed by atoms with van der Waals surface area (Å²) in [6.45, 7) is 5.06. The molecule has 98 valence electrons. The molecule has 0 rings (SSSR count). The normalized spacial score (nSPS) is 15.4. The van der Waals surface area contributed by atoms with Crippen LogP contribution in [0.1, 0.15) is 6.92 Å². The molecule has 0 amide bonds. The zero-order chi connectivity index (χ0) is 12.4. The van der Waals surface area contributed by atoms with Crippen LogP contribution in [-0.2, 0) is 14.2 Å². The van der Waals surface area contributed by atoms with Crippen LogP contribution >= 0.6 is 0 Å². The maximum Gasteiger partial charge on any atom is 0.0900 e. The number of nitrogens with zero attached hydrogens (tertiary/aromatic N) is 1. The lowest BCUT2D eigenvalue weighted by molar-refractivity contribution is 0.00757. The second-order valence-corrected chi connectivity index (χ2v) is 3.90. The molecule has 2 unspecified atom stereocenters. The van der Waals surface area contributed by atoms with Crippen molar-refractivity contribution in [3.8, 4) is 0 Å². The summed E-state index contributed by atoms with van der Waals surface area (Å²) in [5, 5.41) is 9.69. The summed E-state index contributed by atoms with van der Waals surface area (Å²) in [5.74, 6) is 0. The molecule has 0 aromatic carbocycles. The second-order valence-electron chi connectivity index (χ2n) is 3.90. The van der Waals surface area contributed by atoms with E-state index < -0.39 is 6.10 Å². The van der Waals surface area contributed by atoms with Crippen LogP contribution in [0.15, 0.2) is 0 Å². The average Bonchev–Trinajstić information content (AvgIpc) is 2.24. The van der Waals surface area contributed by atoms with E-state index in [1.165, 1.54) is 0 Å². The van der Waals surface area contributed by atoms with E-state index in [4.69, 9.17) is 14.2 Å². The smallest absolute Gasteiger partial charge is 0.0900 e. The van der Waals surface area contributed by atoms with Gasteiger partial charge >= 0.3 is 0 Å². The van der Waals surface area contributed by atoms with Gasteiger partial charge in [0.15, 0.2) is 0 Å². The van der Waals surface area contributed by atoms with Crippen molar-refractivity contribution in [3.63, 3.8) is 0 Å². The molecule has 0 aromatic heterocycles. The standard InChI is InChI=1S/C11H25NO4/c1-10(8-15-3)12(5-6-14-2)7-11(13)9-16-4/h10-11,13H,5-9H2,1-4H3. The van der Waals surface area contributed by atoms with Crippen LogP contribution < -0.4 is 0 Å². The summed E-state index contributed by atoms with van der Waals surface area (Å²) >= 11 is 0. The first-order valence-corrected chi connectivity index (χ1v) is 5.54. The molecular weight excluding hydrogens is 210 g/mol. The van der Waals surface area contributed by atoms with Gasteiger partial charge in [-0.3, -0.25) is 4.90 Å². The van der Waals surface area contributed by atoms with Gasteiger partial charge in [-0.2, -0.15) is 0 Å². The number of hydrogen-bond donors (Lipinski definition) is 1. The van der Waals surface area contributed by atoms with E-state index in [-0.39, 0.29) is 6.04 Å². The van der Waals surface area contributed by atoms with Gasteiger partial charge in [-0.15, -0.1) is 0 Å². The Morgan fingerprint density at radius 3 is 2.19 bits per heavy atom. The molecular formula is C11H25NO4. The molecule has 0 bridgehead atoms. The summed E-state index contributed by atoms with van der Waals surface area (Å²) in [5.41, 5.74) is 0. The van der Waals surface area contributed by atoms with Crippen LogP contribution in [0, 0.1) is 0 Å². The van der Waals surface area contributed by atoms with Crippen LogP contribution in [0.3, 0.4) is 0 Å². The third-order valence-corrected chi connectivity index (χ3v) is 2.42. The zero-order valence-electron chi connectivity index (χ0n) is 10.8. The van der Waals surface area contributed by atoms with Gasteiger partial charge in [0, 0.05) is 40.5 Å². The predicted molar refractivity (Wildman–Crippen MR) is 62.7 cm³/mol. The second kappa shape index (κ2) is 9.99. The Kier molecular flexibility index (Phi) is 9.86. The molecule has 0 aliphatic carbocycles. The molecule has 5 nitrogen and oxygen atoms in total. The Morgan fingerprint density at radius 1 is 1.06 bits per heavy atom. The summed E-state index contributed by atoms with van der Waals surface area (Å²) in [6, 6.07) is 0.256.